The number of amides is 1. The number of carboxylic acids is 1. The van der Waals surface area contributed by atoms with E-state index in [1.807, 2.05) is 6.07 Å². The number of nitriles is 1. The third kappa shape index (κ3) is 5.15. The van der Waals surface area contributed by atoms with E-state index in [0.29, 0.717) is 11.3 Å². The number of hydrogen-bond donors (Lipinski definition) is 1. The fraction of sp³-hybridized carbons (Fsp3) is 0.400. The molecule has 0 aliphatic rings. The molecule has 0 bridgehead atoms. The molecule has 21 heavy (non-hydrogen) atoms. The Bertz CT molecular complexity index is 553. The average molecular weight is 290 g/mol. The minimum Gasteiger partial charge on any atom is -0.484 e. The molecule has 0 heterocycles. The maximum Gasteiger partial charge on any atom is 0.323 e. The van der Waals surface area contributed by atoms with E-state index in [9.17, 15) is 9.59 Å². The SMILES string of the molecule is CC(C)(C)N(CC(=O)O)C(=O)COc1ccc(C#N)cc1. The summed E-state index contributed by atoms with van der Waals surface area (Å²) in [4.78, 5) is 24.2. The first-order valence-corrected chi connectivity index (χ1v) is 6.39. The first-order valence-electron chi connectivity index (χ1n) is 6.39. The Hall–Kier alpha value is -2.55. The minimum atomic E-state index is -1.07. The summed E-state index contributed by atoms with van der Waals surface area (Å²) in [6.45, 7) is 4.65. The predicted octanol–water partition coefficient (Wildman–Crippen LogP) is 1.65. The monoisotopic (exact) mass is 290 g/mol. The second-order valence-electron chi connectivity index (χ2n) is 5.47. The summed E-state index contributed by atoms with van der Waals surface area (Å²) in [5.41, 5.74) is -0.111. The van der Waals surface area contributed by atoms with Crippen molar-refractivity contribution in [2.75, 3.05) is 13.2 Å². The average Bonchev–Trinajstić information content (AvgIpc) is 2.41. The van der Waals surface area contributed by atoms with Crippen LogP contribution >= 0.6 is 0 Å². The highest BCUT2D eigenvalue weighted by Gasteiger charge is 2.28. The Morgan fingerprint density at radius 2 is 1.86 bits per heavy atom. The van der Waals surface area contributed by atoms with Crippen molar-refractivity contribution in [2.24, 2.45) is 0 Å². The third-order valence-electron chi connectivity index (χ3n) is 2.75. The van der Waals surface area contributed by atoms with E-state index in [1.165, 1.54) is 4.90 Å². The number of benzene rings is 1. The summed E-state index contributed by atoms with van der Waals surface area (Å²) < 4.78 is 5.33. The molecule has 112 valence electrons. The van der Waals surface area contributed by atoms with Gasteiger partial charge in [-0.2, -0.15) is 5.26 Å². The predicted molar refractivity (Wildman–Crippen MR) is 75.8 cm³/mol. The highest BCUT2D eigenvalue weighted by molar-refractivity contribution is 5.83. The molecule has 1 rings (SSSR count). The zero-order valence-electron chi connectivity index (χ0n) is 12.3. The molecule has 0 spiro atoms. The standard InChI is InChI=1S/C15H18N2O4/c1-15(2,3)17(9-14(19)20)13(18)10-21-12-6-4-11(8-16)5-7-12/h4-7H,9-10H2,1-3H3,(H,19,20). The zero-order chi connectivity index (χ0) is 16.0. The molecular weight excluding hydrogens is 272 g/mol. The van der Waals surface area contributed by atoms with Crippen molar-refractivity contribution in [1.29, 1.82) is 5.26 Å². The van der Waals surface area contributed by atoms with E-state index in [2.05, 4.69) is 0 Å². The molecule has 1 N–H and O–H groups in total. The van der Waals surface area contributed by atoms with Gasteiger partial charge in [0.2, 0.25) is 0 Å². The lowest BCUT2D eigenvalue weighted by Gasteiger charge is -2.34. The van der Waals surface area contributed by atoms with Gasteiger partial charge in [-0.3, -0.25) is 9.59 Å². The van der Waals surface area contributed by atoms with Crippen LogP contribution in [0.15, 0.2) is 24.3 Å². The summed E-state index contributed by atoms with van der Waals surface area (Å²) in [5.74, 6) is -1.03. The molecule has 0 radical (unpaired) electrons. The van der Waals surface area contributed by atoms with Crippen molar-refractivity contribution in [1.82, 2.24) is 4.90 Å². The highest BCUT2D eigenvalue weighted by Crippen LogP contribution is 2.15. The van der Waals surface area contributed by atoms with Crippen LogP contribution in [0.2, 0.25) is 0 Å². The molecule has 1 aromatic carbocycles. The van der Waals surface area contributed by atoms with Gasteiger partial charge in [-0.15, -0.1) is 0 Å². The molecule has 6 nitrogen and oxygen atoms in total. The molecular formula is C15H18N2O4. The molecule has 0 fully saturated rings. The Morgan fingerprint density at radius 1 is 1.29 bits per heavy atom. The second kappa shape index (κ2) is 6.75. The second-order valence-corrected chi connectivity index (χ2v) is 5.47. The largest absolute Gasteiger partial charge is 0.484 e. The topological polar surface area (TPSA) is 90.6 Å². The first-order chi connectivity index (χ1) is 9.74. The number of hydrogen-bond acceptors (Lipinski definition) is 4. The first kappa shape index (κ1) is 16.5. The number of carbonyl (C=O) groups excluding carboxylic acids is 1. The smallest absolute Gasteiger partial charge is 0.323 e. The summed E-state index contributed by atoms with van der Waals surface area (Å²) in [6.07, 6.45) is 0. The Kier molecular flexibility index (Phi) is 5.30. The van der Waals surface area contributed by atoms with Crippen LogP contribution in [0.3, 0.4) is 0 Å². The van der Waals surface area contributed by atoms with E-state index < -0.39 is 17.4 Å². The lowest BCUT2D eigenvalue weighted by Crippen LogP contribution is -2.50. The van der Waals surface area contributed by atoms with Crippen LogP contribution in [-0.2, 0) is 9.59 Å². The van der Waals surface area contributed by atoms with Gasteiger partial charge in [-0.05, 0) is 45.0 Å². The lowest BCUT2D eigenvalue weighted by atomic mass is 10.1. The number of ether oxygens (including phenoxy) is 1. The van der Waals surface area contributed by atoms with Gasteiger partial charge in [-0.25, -0.2) is 0 Å². The molecule has 6 heteroatoms. The van der Waals surface area contributed by atoms with Crippen LogP contribution in [0.1, 0.15) is 26.3 Å². The van der Waals surface area contributed by atoms with Gasteiger partial charge >= 0.3 is 5.97 Å². The lowest BCUT2D eigenvalue weighted by molar-refractivity contribution is -0.149. The molecule has 0 saturated carbocycles. The Labute approximate surface area is 123 Å². The Balaban J connectivity index is 2.69. The van der Waals surface area contributed by atoms with Crippen LogP contribution in [0, 0.1) is 11.3 Å². The summed E-state index contributed by atoms with van der Waals surface area (Å²) in [5, 5.41) is 17.6. The fourth-order valence-electron chi connectivity index (χ4n) is 1.68. The van der Waals surface area contributed by atoms with Crippen LogP contribution in [0.5, 0.6) is 5.75 Å². The number of carbonyl (C=O) groups is 2. The van der Waals surface area contributed by atoms with Crippen LogP contribution in [0.25, 0.3) is 0 Å². The van der Waals surface area contributed by atoms with E-state index >= 15 is 0 Å². The van der Waals surface area contributed by atoms with Crippen molar-refractivity contribution >= 4 is 11.9 Å². The van der Waals surface area contributed by atoms with Crippen molar-refractivity contribution in [3.05, 3.63) is 29.8 Å². The van der Waals surface area contributed by atoms with Crippen molar-refractivity contribution in [3.63, 3.8) is 0 Å². The van der Waals surface area contributed by atoms with Gasteiger partial charge in [0, 0.05) is 5.54 Å². The van der Waals surface area contributed by atoms with Gasteiger partial charge in [0.1, 0.15) is 12.3 Å². The van der Waals surface area contributed by atoms with Crippen molar-refractivity contribution in [2.45, 2.75) is 26.3 Å². The molecule has 1 aromatic rings. The summed E-state index contributed by atoms with van der Waals surface area (Å²) in [7, 11) is 0. The molecule has 0 aliphatic heterocycles. The third-order valence-corrected chi connectivity index (χ3v) is 2.75. The maximum absolute atomic E-state index is 12.1. The van der Waals surface area contributed by atoms with Crippen LogP contribution in [0.4, 0.5) is 0 Å². The van der Waals surface area contributed by atoms with Crippen LogP contribution in [-0.4, -0.2) is 40.6 Å². The minimum absolute atomic E-state index is 0.254. The van der Waals surface area contributed by atoms with Gasteiger partial charge in [0.25, 0.3) is 5.91 Å². The summed E-state index contributed by atoms with van der Waals surface area (Å²) in [6, 6.07) is 8.32. The van der Waals surface area contributed by atoms with E-state index in [1.54, 1.807) is 45.0 Å². The molecule has 0 unspecified atom stereocenters. The Morgan fingerprint density at radius 3 is 2.29 bits per heavy atom. The number of rotatable bonds is 5. The fourth-order valence-corrected chi connectivity index (χ4v) is 1.68. The molecule has 0 saturated heterocycles. The number of carboxylic acid groups (broad SMARTS) is 1. The normalized spacial score (nSPS) is 10.6. The number of aliphatic carboxylic acids is 1. The number of nitrogens with zero attached hydrogens (tertiary/aromatic N) is 2. The quantitative estimate of drug-likeness (QED) is 0.890. The van der Waals surface area contributed by atoms with Gasteiger partial charge in [0.05, 0.1) is 11.6 Å². The molecule has 1 amide bonds. The van der Waals surface area contributed by atoms with Crippen molar-refractivity contribution in [3.8, 4) is 11.8 Å². The highest BCUT2D eigenvalue weighted by atomic mass is 16.5. The van der Waals surface area contributed by atoms with E-state index in [-0.39, 0.29) is 13.2 Å². The summed E-state index contributed by atoms with van der Waals surface area (Å²) >= 11 is 0. The maximum atomic E-state index is 12.1. The van der Waals surface area contributed by atoms with Gasteiger partial charge in [-0.1, -0.05) is 0 Å². The molecule has 0 atom stereocenters. The van der Waals surface area contributed by atoms with E-state index in [0.717, 1.165) is 0 Å². The van der Waals surface area contributed by atoms with E-state index in [4.69, 9.17) is 15.1 Å². The molecule has 0 aromatic heterocycles. The van der Waals surface area contributed by atoms with Crippen LogP contribution < -0.4 is 4.74 Å². The van der Waals surface area contributed by atoms with Gasteiger partial charge in [0.15, 0.2) is 6.61 Å². The zero-order valence-corrected chi connectivity index (χ0v) is 12.3. The molecule has 0 aliphatic carbocycles. The van der Waals surface area contributed by atoms with Crippen molar-refractivity contribution < 1.29 is 19.4 Å². The van der Waals surface area contributed by atoms with Gasteiger partial charge < -0.3 is 14.7 Å².